The van der Waals surface area contributed by atoms with E-state index in [1.165, 1.54) is 12.5 Å². The van der Waals surface area contributed by atoms with Gasteiger partial charge in [-0.1, -0.05) is 18.2 Å². The number of benzene rings is 1. The number of carbonyl (C=O) groups excluding carboxylic acids is 1. The summed E-state index contributed by atoms with van der Waals surface area (Å²) in [5, 5.41) is 0. The molecule has 1 atom stereocenters. The number of aromatic nitrogens is 1. The number of likely N-dealkylation sites (tertiary alicyclic amines) is 1. The van der Waals surface area contributed by atoms with Gasteiger partial charge in [-0.05, 0) is 74.9 Å². The summed E-state index contributed by atoms with van der Waals surface area (Å²) in [6, 6.07) is 12.7. The lowest BCUT2D eigenvalue weighted by molar-refractivity contribution is -0.131. The fraction of sp³-hybridized carbons (Fsp3) is 0.500. The van der Waals surface area contributed by atoms with Crippen LogP contribution in [0.2, 0.25) is 0 Å². The Kier molecular flexibility index (Phi) is 8.17. The van der Waals surface area contributed by atoms with E-state index in [-0.39, 0.29) is 11.7 Å². The van der Waals surface area contributed by atoms with E-state index in [2.05, 4.69) is 16.8 Å². The summed E-state index contributed by atoms with van der Waals surface area (Å²) in [6.45, 7) is 6.68. The van der Waals surface area contributed by atoms with Crippen LogP contribution in [0.4, 0.5) is 4.39 Å². The molecule has 0 bridgehead atoms. The molecule has 0 unspecified atom stereocenters. The van der Waals surface area contributed by atoms with Gasteiger partial charge >= 0.3 is 0 Å². The molecule has 3 rings (SSSR count). The van der Waals surface area contributed by atoms with Crippen molar-refractivity contribution in [1.29, 1.82) is 0 Å². The molecule has 156 valence electrons. The third-order valence-electron chi connectivity index (χ3n) is 5.74. The van der Waals surface area contributed by atoms with Crippen molar-refractivity contribution in [3.05, 3.63) is 65.7 Å². The van der Waals surface area contributed by atoms with Crippen molar-refractivity contribution in [3.8, 4) is 0 Å². The molecule has 1 amide bonds. The van der Waals surface area contributed by atoms with Crippen molar-refractivity contribution in [2.75, 3.05) is 32.7 Å². The Labute approximate surface area is 173 Å². The van der Waals surface area contributed by atoms with E-state index >= 15 is 0 Å². The van der Waals surface area contributed by atoms with Crippen LogP contribution in [0, 0.1) is 11.7 Å². The molecule has 0 saturated carbocycles. The second-order valence-corrected chi connectivity index (χ2v) is 7.94. The number of carbonyl (C=O) groups is 1. The molecule has 1 saturated heterocycles. The summed E-state index contributed by atoms with van der Waals surface area (Å²) < 4.78 is 13.4. The molecular weight excluding hydrogens is 365 g/mol. The van der Waals surface area contributed by atoms with Crippen LogP contribution < -0.4 is 0 Å². The number of pyridine rings is 1. The summed E-state index contributed by atoms with van der Waals surface area (Å²) in [6.07, 6.45) is 6.18. The lowest BCUT2D eigenvalue weighted by Crippen LogP contribution is -2.43. The standard InChI is InChI=1S/C24H32FN3O/c1-2-28(24(29)12-11-23-10-3-4-14-26-23)19-21-8-6-15-27(18-21)16-13-20-7-5-9-22(25)17-20/h3-5,7,9-10,14,17,21H,2,6,8,11-13,15-16,18-19H2,1H3/t21-/m1/s1. The van der Waals surface area contributed by atoms with Crippen LogP contribution in [0.3, 0.4) is 0 Å². The average molecular weight is 398 g/mol. The molecule has 1 aliphatic heterocycles. The van der Waals surface area contributed by atoms with Crippen molar-refractivity contribution in [1.82, 2.24) is 14.8 Å². The molecule has 1 aromatic heterocycles. The van der Waals surface area contributed by atoms with Gasteiger partial charge in [-0.2, -0.15) is 0 Å². The van der Waals surface area contributed by atoms with E-state index in [4.69, 9.17) is 0 Å². The van der Waals surface area contributed by atoms with Crippen LogP contribution in [0.1, 0.15) is 37.4 Å². The Morgan fingerprint density at radius 1 is 1.24 bits per heavy atom. The van der Waals surface area contributed by atoms with Gasteiger partial charge in [0.1, 0.15) is 5.82 Å². The molecule has 2 heterocycles. The van der Waals surface area contributed by atoms with Crippen LogP contribution in [0.15, 0.2) is 48.7 Å². The minimum Gasteiger partial charge on any atom is -0.343 e. The first-order chi connectivity index (χ1) is 14.1. The third kappa shape index (κ3) is 6.93. The van der Waals surface area contributed by atoms with E-state index in [1.54, 1.807) is 18.3 Å². The SMILES string of the molecule is CCN(C[C@@H]1CCCN(CCc2cccc(F)c2)C1)C(=O)CCc1ccccn1. The number of hydrogen-bond donors (Lipinski definition) is 0. The second kappa shape index (κ2) is 11.1. The maximum atomic E-state index is 13.4. The van der Waals surface area contributed by atoms with Gasteiger partial charge in [-0.25, -0.2) is 4.39 Å². The summed E-state index contributed by atoms with van der Waals surface area (Å²) in [4.78, 5) is 21.5. The monoisotopic (exact) mass is 397 g/mol. The van der Waals surface area contributed by atoms with E-state index in [0.717, 1.165) is 56.8 Å². The fourth-order valence-corrected chi connectivity index (χ4v) is 4.14. The van der Waals surface area contributed by atoms with Gasteiger partial charge in [0.05, 0.1) is 0 Å². The van der Waals surface area contributed by atoms with E-state index in [9.17, 15) is 9.18 Å². The van der Waals surface area contributed by atoms with Crippen LogP contribution in [0.25, 0.3) is 0 Å². The Balaban J connectivity index is 1.45. The molecule has 5 heteroatoms. The highest BCUT2D eigenvalue weighted by Gasteiger charge is 2.23. The number of aryl methyl sites for hydroxylation is 1. The van der Waals surface area contributed by atoms with Gasteiger partial charge in [0.25, 0.3) is 0 Å². The van der Waals surface area contributed by atoms with E-state index in [1.807, 2.05) is 29.2 Å². The second-order valence-electron chi connectivity index (χ2n) is 7.94. The first kappa shape index (κ1) is 21.4. The number of amides is 1. The van der Waals surface area contributed by atoms with Crippen LogP contribution >= 0.6 is 0 Å². The van der Waals surface area contributed by atoms with Gasteiger partial charge < -0.3 is 9.80 Å². The first-order valence-electron chi connectivity index (χ1n) is 10.8. The Morgan fingerprint density at radius 2 is 2.14 bits per heavy atom. The maximum Gasteiger partial charge on any atom is 0.222 e. The normalized spacial score (nSPS) is 17.2. The molecule has 0 spiro atoms. The first-order valence-corrected chi connectivity index (χ1v) is 10.8. The zero-order chi connectivity index (χ0) is 20.5. The van der Waals surface area contributed by atoms with Gasteiger partial charge in [0.15, 0.2) is 0 Å². The van der Waals surface area contributed by atoms with Crippen molar-refractivity contribution >= 4 is 5.91 Å². The topological polar surface area (TPSA) is 36.4 Å². The molecule has 1 aliphatic rings. The third-order valence-corrected chi connectivity index (χ3v) is 5.74. The van der Waals surface area contributed by atoms with Crippen molar-refractivity contribution < 1.29 is 9.18 Å². The van der Waals surface area contributed by atoms with Gasteiger partial charge in [-0.15, -0.1) is 0 Å². The Hall–Kier alpha value is -2.27. The number of piperidine rings is 1. The summed E-state index contributed by atoms with van der Waals surface area (Å²) in [7, 11) is 0. The predicted octanol–water partition coefficient (Wildman–Crippen LogP) is 3.96. The predicted molar refractivity (Wildman–Crippen MR) is 114 cm³/mol. The molecule has 0 radical (unpaired) electrons. The summed E-state index contributed by atoms with van der Waals surface area (Å²) >= 11 is 0. The average Bonchev–Trinajstić information content (AvgIpc) is 2.75. The van der Waals surface area contributed by atoms with Gasteiger partial charge in [0.2, 0.25) is 5.91 Å². The van der Waals surface area contributed by atoms with E-state index < -0.39 is 0 Å². The summed E-state index contributed by atoms with van der Waals surface area (Å²) in [5.41, 5.74) is 2.02. The maximum absolute atomic E-state index is 13.4. The fourth-order valence-electron chi connectivity index (χ4n) is 4.14. The highest BCUT2D eigenvalue weighted by atomic mass is 19.1. The Bertz CT molecular complexity index is 768. The Morgan fingerprint density at radius 3 is 2.90 bits per heavy atom. The van der Waals surface area contributed by atoms with Crippen molar-refractivity contribution in [3.63, 3.8) is 0 Å². The highest BCUT2D eigenvalue weighted by molar-refractivity contribution is 5.76. The summed E-state index contributed by atoms with van der Waals surface area (Å²) in [5.74, 6) is 0.562. The highest BCUT2D eigenvalue weighted by Crippen LogP contribution is 2.19. The van der Waals surface area contributed by atoms with Gasteiger partial charge in [-0.3, -0.25) is 9.78 Å². The molecule has 2 aromatic rings. The smallest absolute Gasteiger partial charge is 0.222 e. The zero-order valence-corrected chi connectivity index (χ0v) is 17.4. The molecule has 0 N–H and O–H groups in total. The zero-order valence-electron chi connectivity index (χ0n) is 17.4. The molecule has 1 fully saturated rings. The lowest BCUT2D eigenvalue weighted by Gasteiger charge is -2.35. The minimum absolute atomic E-state index is 0.165. The quantitative estimate of drug-likeness (QED) is 0.643. The van der Waals surface area contributed by atoms with Crippen molar-refractivity contribution in [2.45, 2.75) is 39.0 Å². The van der Waals surface area contributed by atoms with Crippen LogP contribution in [0.5, 0.6) is 0 Å². The number of hydrogen-bond acceptors (Lipinski definition) is 3. The molecule has 0 aliphatic carbocycles. The van der Waals surface area contributed by atoms with E-state index in [0.29, 0.717) is 18.8 Å². The minimum atomic E-state index is -0.165. The number of halogens is 1. The molecule has 4 nitrogen and oxygen atoms in total. The van der Waals surface area contributed by atoms with Crippen molar-refractivity contribution in [2.24, 2.45) is 5.92 Å². The number of nitrogens with zero attached hydrogens (tertiary/aromatic N) is 3. The largest absolute Gasteiger partial charge is 0.343 e. The molecule has 29 heavy (non-hydrogen) atoms. The molecular formula is C24H32FN3O. The lowest BCUT2D eigenvalue weighted by atomic mass is 9.96. The van der Waals surface area contributed by atoms with Gasteiger partial charge in [0, 0.05) is 44.5 Å². The number of rotatable bonds is 9. The van der Waals surface area contributed by atoms with Crippen LogP contribution in [-0.2, 0) is 17.6 Å². The van der Waals surface area contributed by atoms with Crippen LogP contribution in [-0.4, -0.2) is 53.4 Å². The molecule has 1 aromatic carbocycles.